The Hall–Kier alpha value is -1.44. The fourth-order valence-electron chi connectivity index (χ4n) is 2.26. The maximum absolute atomic E-state index is 6.01. The van der Waals surface area contributed by atoms with Crippen LogP contribution in [0, 0.1) is 0 Å². The Morgan fingerprint density at radius 2 is 1.63 bits per heavy atom. The second-order valence-corrected chi connectivity index (χ2v) is 5.52. The normalized spacial score (nSPS) is 14.1. The van der Waals surface area contributed by atoms with Crippen molar-refractivity contribution in [3.63, 3.8) is 0 Å². The minimum Gasteiger partial charge on any atom is -0.456 e. The molecule has 0 N–H and O–H groups in total. The van der Waals surface area contributed by atoms with Crippen molar-refractivity contribution in [3.8, 4) is 5.75 Å². The van der Waals surface area contributed by atoms with Gasteiger partial charge in [-0.3, -0.25) is 0 Å². The number of benzene rings is 2. The molecular formula is C16H12Cl2O. The number of rotatable bonds is 1. The summed E-state index contributed by atoms with van der Waals surface area (Å²) in [6.45, 7) is 2.08. The third-order valence-corrected chi connectivity index (χ3v) is 3.67. The zero-order valence-corrected chi connectivity index (χ0v) is 11.9. The SMILES string of the molecule is CC1=C(c2ccc(Cl)cc2)Oc2ccc(Cl)cc2C1. The molecule has 0 unspecified atom stereocenters. The summed E-state index contributed by atoms with van der Waals surface area (Å²) >= 11 is 11.9. The summed E-state index contributed by atoms with van der Waals surface area (Å²) in [5, 5.41) is 1.47. The lowest BCUT2D eigenvalue weighted by atomic mass is 9.99. The van der Waals surface area contributed by atoms with Crippen LogP contribution < -0.4 is 4.74 Å². The minimum atomic E-state index is 0.727. The van der Waals surface area contributed by atoms with Gasteiger partial charge in [-0.25, -0.2) is 0 Å². The van der Waals surface area contributed by atoms with Gasteiger partial charge in [-0.1, -0.05) is 23.2 Å². The van der Waals surface area contributed by atoms with Crippen molar-refractivity contribution < 1.29 is 4.74 Å². The third kappa shape index (κ3) is 2.49. The largest absolute Gasteiger partial charge is 0.456 e. The first-order chi connectivity index (χ1) is 9.13. The molecule has 1 nitrogen and oxygen atoms in total. The lowest BCUT2D eigenvalue weighted by Crippen LogP contribution is -2.08. The second kappa shape index (κ2) is 4.92. The van der Waals surface area contributed by atoms with Crippen molar-refractivity contribution in [3.05, 3.63) is 69.2 Å². The van der Waals surface area contributed by atoms with E-state index in [0.29, 0.717) is 0 Å². The summed E-state index contributed by atoms with van der Waals surface area (Å²) in [7, 11) is 0. The quantitative estimate of drug-likeness (QED) is 0.687. The topological polar surface area (TPSA) is 9.23 Å². The van der Waals surface area contributed by atoms with Gasteiger partial charge < -0.3 is 4.74 Å². The number of hydrogen-bond donors (Lipinski definition) is 0. The number of ether oxygens (including phenoxy) is 1. The van der Waals surface area contributed by atoms with Crippen LogP contribution in [0.4, 0.5) is 0 Å². The van der Waals surface area contributed by atoms with Crippen LogP contribution in [0.2, 0.25) is 10.0 Å². The Kier molecular flexibility index (Phi) is 3.26. The van der Waals surface area contributed by atoms with Crippen molar-refractivity contribution >= 4 is 29.0 Å². The molecule has 0 radical (unpaired) electrons. The molecule has 0 atom stereocenters. The number of halogens is 2. The summed E-state index contributed by atoms with van der Waals surface area (Å²) in [5.41, 5.74) is 3.36. The van der Waals surface area contributed by atoms with Crippen LogP contribution in [-0.4, -0.2) is 0 Å². The predicted octanol–water partition coefficient (Wildman–Crippen LogP) is 5.36. The van der Waals surface area contributed by atoms with Crippen LogP contribution in [0.25, 0.3) is 5.76 Å². The van der Waals surface area contributed by atoms with Gasteiger partial charge in [0.25, 0.3) is 0 Å². The molecule has 2 aromatic rings. The van der Waals surface area contributed by atoms with Gasteiger partial charge in [0.05, 0.1) is 0 Å². The summed E-state index contributed by atoms with van der Waals surface area (Å²) in [5.74, 6) is 1.78. The van der Waals surface area contributed by atoms with Gasteiger partial charge in [-0.2, -0.15) is 0 Å². The van der Waals surface area contributed by atoms with Gasteiger partial charge in [0, 0.05) is 27.6 Å². The highest BCUT2D eigenvalue weighted by molar-refractivity contribution is 6.31. The van der Waals surface area contributed by atoms with Crippen LogP contribution in [0.5, 0.6) is 5.75 Å². The average Bonchev–Trinajstić information content (AvgIpc) is 2.39. The van der Waals surface area contributed by atoms with Gasteiger partial charge in [0.2, 0.25) is 0 Å². The molecule has 96 valence electrons. The molecule has 3 heteroatoms. The maximum atomic E-state index is 6.01. The van der Waals surface area contributed by atoms with Gasteiger partial charge in [0.1, 0.15) is 11.5 Å². The highest BCUT2D eigenvalue weighted by Gasteiger charge is 2.18. The fourth-order valence-corrected chi connectivity index (χ4v) is 2.58. The van der Waals surface area contributed by atoms with Crippen molar-refractivity contribution in [2.24, 2.45) is 0 Å². The molecule has 0 spiro atoms. The molecule has 1 aliphatic rings. The highest BCUT2D eigenvalue weighted by atomic mass is 35.5. The first-order valence-electron chi connectivity index (χ1n) is 6.05. The molecule has 19 heavy (non-hydrogen) atoms. The molecule has 1 heterocycles. The standard InChI is InChI=1S/C16H12Cl2O/c1-10-8-12-9-14(18)6-7-15(12)19-16(10)11-2-4-13(17)5-3-11/h2-7,9H,8H2,1H3. The Balaban J connectivity index is 2.00. The van der Waals surface area contributed by atoms with Crippen molar-refractivity contribution in [2.75, 3.05) is 0 Å². The molecule has 3 rings (SSSR count). The van der Waals surface area contributed by atoms with Gasteiger partial charge in [-0.15, -0.1) is 0 Å². The molecule has 0 amide bonds. The molecule has 0 bridgehead atoms. The lowest BCUT2D eigenvalue weighted by Gasteiger charge is -2.22. The van der Waals surface area contributed by atoms with E-state index >= 15 is 0 Å². The van der Waals surface area contributed by atoms with E-state index in [0.717, 1.165) is 39.1 Å². The smallest absolute Gasteiger partial charge is 0.133 e. The van der Waals surface area contributed by atoms with Crippen molar-refractivity contribution in [1.29, 1.82) is 0 Å². The highest BCUT2D eigenvalue weighted by Crippen LogP contribution is 2.35. The molecule has 0 fully saturated rings. The van der Waals surface area contributed by atoms with Crippen LogP contribution in [0.1, 0.15) is 18.1 Å². The summed E-state index contributed by atoms with van der Waals surface area (Å²) in [6.07, 6.45) is 0.855. The Labute approximate surface area is 122 Å². The second-order valence-electron chi connectivity index (χ2n) is 4.65. The molecule has 0 aliphatic carbocycles. The Morgan fingerprint density at radius 1 is 0.947 bits per heavy atom. The first-order valence-corrected chi connectivity index (χ1v) is 6.81. The number of fused-ring (bicyclic) bond motifs is 1. The predicted molar refractivity (Wildman–Crippen MR) is 79.8 cm³/mol. The zero-order chi connectivity index (χ0) is 13.4. The van der Waals surface area contributed by atoms with E-state index in [1.807, 2.05) is 42.5 Å². The molecule has 0 saturated heterocycles. The van der Waals surface area contributed by atoms with Crippen LogP contribution in [0.15, 0.2) is 48.0 Å². The van der Waals surface area contributed by atoms with E-state index in [2.05, 4.69) is 6.92 Å². The van der Waals surface area contributed by atoms with E-state index in [1.165, 1.54) is 5.57 Å². The van der Waals surface area contributed by atoms with E-state index < -0.39 is 0 Å². The molecule has 1 aliphatic heterocycles. The van der Waals surface area contributed by atoms with Gasteiger partial charge in [0.15, 0.2) is 0 Å². The van der Waals surface area contributed by atoms with Crippen LogP contribution in [0.3, 0.4) is 0 Å². The lowest BCUT2D eigenvalue weighted by molar-refractivity contribution is 0.491. The van der Waals surface area contributed by atoms with Crippen LogP contribution in [-0.2, 0) is 6.42 Å². The number of allylic oxidation sites excluding steroid dienone is 1. The molecular weight excluding hydrogens is 279 g/mol. The average molecular weight is 291 g/mol. The summed E-state index contributed by atoms with van der Waals surface area (Å²) in [6, 6.07) is 13.4. The molecule has 0 aromatic heterocycles. The van der Waals surface area contributed by atoms with E-state index in [9.17, 15) is 0 Å². The Bertz CT molecular complexity index is 657. The number of hydrogen-bond acceptors (Lipinski definition) is 1. The maximum Gasteiger partial charge on any atom is 0.133 e. The minimum absolute atomic E-state index is 0.727. The van der Waals surface area contributed by atoms with Crippen molar-refractivity contribution in [1.82, 2.24) is 0 Å². The summed E-state index contributed by atoms with van der Waals surface area (Å²) < 4.78 is 6.00. The van der Waals surface area contributed by atoms with Gasteiger partial charge >= 0.3 is 0 Å². The third-order valence-electron chi connectivity index (χ3n) is 3.18. The van der Waals surface area contributed by atoms with E-state index in [1.54, 1.807) is 0 Å². The van der Waals surface area contributed by atoms with Crippen molar-refractivity contribution in [2.45, 2.75) is 13.3 Å². The van der Waals surface area contributed by atoms with Gasteiger partial charge in [-0.05, 0) is 55.0 Å². The first kappa shape index (κ1) is 12.6. The van der Waals surface area contributed by atoms with Crippen LogP contribution >= 0.6 is 23.2 Å². The molecule has 2 aromatic carbocycles. The monoisotopic (exact) mass is 290 g/mol. The molecule has 0 saturated carbocycles. The zero-order valence-electron chi connectivity index (χ0n) is 10.4. The van der Waals surface area contributed by atoms with E-state index in [-0.39, 0.29) is 0 Å². The Morgan fingerprint density at radius 3 is 2.37 bits per heavy atom. The fraction of sp³-hybridized carbons (Fsp3) is 0.125. The van der Waals surface area contributed by atoms with E-state index in [4.69, 9.17) is 27.9 Å². The summed E-state index contributed by atoms with van der Waals surface area (Å²) in [4.78, 5) is 0.